The molecular formula is C16H25NS. The Kier molecular flexibility index (Phi) is 8.70. The van der Waals surface area contributed by atoms with Crippen molar-refractivity contribution in [2.45, 2.75) is 25.7 Å². The normalized spacial score (nSPS) is 10.5. The predicted octanol–water partition coefficient (Wildman–Crippen LogP) is 4.21. The van der Waals surface area contributed by atoms with Crippen LogP contribution in [0.4, 0.5) is 0 Å². The summed E-state index contributed by atoms with van der Waals surface area (Å²) in [5.41, 5.74) is 2.42. The van der Waals surface area contributed by atoms with Gasteiger partial charge in [-0.15, -0.1) is 0 Å². The molecule has 1 N–H and O–H groups in total. The zero-order chi connectivity index (χ0) is 13.1. The van der Waals surface area contributed by atoms with Crippen LogP contribution in [0.3, 0.4) is 0 Å². The first kappa shape index (κ1) is 15.3. The topological polar surface area (TPSA) is 12.0 Å². The summed E-state index contributed by atoms with van der Waals surface area (Å²) in [6.07, 6.45) is 7.51. The Morgan fingerprint density at radius 2 is 1.83 bits per heavy atom. The van der Waals surface area contributed by atoms with Crippen molar-refractivity contribution in [1.82, 2.24) is 5.32 Å². The van der Waals surface area contributed by atoms with E-state index in [0.29, 0.717) is 0 Å². The second kappa shape index (κ2) is 10.2. The summed E-state index contributed by atoms with van der Waals surface area (Å²) >= 11 is 1.94. The van der Waals surface area contributed by atoms with E-state index in [-0.39, 0.29) is 0 Å². The fraction of sp³-hybridized carbons (Fsp3) is 0.500. The van der Waals surface area contributed by atoms with E-state index in [1.54, 1.807) is 0 Å². The zero-order valence-corrected chi connectivity index (χ0v) is 12.3. The number of rotatable bonds is 10. The van der Waals surface area contributed by atoms with Crippen molar-refractivity contribution in [3.63, 3.8) is 0 Å². The maximum Gasteiger partial charge on any atom is 0.0205 e. The van der Waals surface area contributed by atoms with Crippen LogP contribution in [-0.2, 0) is 0 Å². The lowest BCUT2D eigenvalue weighted by molar-refractivity contribution is 0.625. The first-order valence-electron chi connectivity index (χ1n) is 6.77. The van der Waals surface area contributed by atoms with Gasteiger partial charge < -0.3 is 5.32 Å². The molecule has 0 heterocycles. The van der Waals surface area contributed by atoms with Gasteiger partial charge in [0.25, 0.3) is 0 Å². The molecule has 0 amide bonds. The van der Waals surface area contributed by atoms with Crippen molar-refractivity contribution < 1.29 is 0 Å². The van der Waals surface area contributed by atoms with Gasteiger partial charge in [0, 0.05) is 6.54 Å². The highest BCUT2D eigenvalue weighted by molar-refractivity contribution is 7.98. The van der Waals surface area contributed by atoms with E-state index in [9.17, 15) is 0 Å². The summed E-state index contributed by atoms with van der Waals surface area (Å²) in [5, 5.41) is 3.47. The van der Waals surface area contributed by atoms with Crippen LogP contribution < -0.4 is 5.32 Å². The van der Waals surface area contributed by atoms with Crippen LogP contribution in [0.25, 0.3) is 5.57 Å². The van der Waals surface area contributed by atoms with Crippen LogP contribution in [0.1, 0.15) is 31.2 Å². The molecule has 0 aliphatic heterocycles. The van der Waals surface area contributed by atoms with Crippen molar-refractivity contribution in [1.29, 1.82) is 0 Å². The van der Waals surface area contributed by atoms with Gasteiger partial charge in [0.1, 0.15) is 0 Å². The van der Waals surface area contributed by atoms with E-state index in [2.05, 4.69) is 42.4 Å². The summed E-state index contributed by atoms with van der Waals surface area (Å²) in [7, 11) is 0. The molecule has 1 nitrogen and oxygen atoms in total. The van der Waals surface area contributed by atoms with E-state index in [1.807, 2.05) is 17.8 Å². The van der Waals surface area contributed by atoms with Gasteiger partial charge in [0.05, 0.1) is 0 Å². The minimum Gasteiger partial charge on any atom is -0.313 e. The largest absolute Gasteiger partial charge is 0.313 e. The Bertz CT molecular complexity index is 321. The van der Waals surface area contributed by atoms with Gasteiger partial charge in [-0.1, -0.05) is 49.8 Å². The van der Waals surface area contributed by atoms with E-state index in [1.165, 1.54) is 42.6 Å². The molecule has 100 valence electrons. The molecule has 0 aliphatic carbocycles. The first-order valence-corrected chi connectivity index (χ1v) is 8.17. The second-order valence-electron chi connectivity index (χ2n) is 4.55. The first-order chi connectivity index (χ1) is 8.84. The number of hydrogen-bond donors (Lipinski definition) is 1. The third-order valence-electron chi connectivity index (χ3n) is 2.97. The fourth-order valence-electron chi connectivity index (χ4n) is 1.87. The predicted molar refractivity (Wildman–Crippen MR) is 85.2 cm³/mol. The number of benzene rings is 1. The quantitative estimate of drug-likeness (QED) is 0.635. The van der Waals surface area contributed by atoms with Crippen LogP contribution in [0.15, 0.2) is 36.9 Å². The highest BCUT2D eigenvalue weighted by atomic mass is 32.2. The Morgan fingerprint density at radius 1 is 1.11 bits per heavy atom. The molecule has 18 heavy (non-hydrogen) atoms. The molecule has 0 saturated heterocycles. The molecule has 0 unspecified atom stereocenters. The lowest BCUT2D eigenvalue weighted by atomic mass is 10.1. The second-order valence-corrected chi connectivity index (χ2v) is 5.54. The minimum atomic E-state index is 0.898. The lowest BCUT2D eigenvalue weighted by Crippen LogP contribution is -2.17. The monoisotopic (exact) mass is 263 g/mol. The third kappa shape index (κ3) is 6.87. The molecule has 1 aromatic carbocycles. The molecular weight excluding hydrogens is 238 g/mol. The molecule has 0 atom stereocenters. The van der Waals surface area contributed by atoms with E-state index in [4.69, 9.17) is 0 Å². The van der Waals surface area contributed by atoms with Crippen molar-refractivity contribution in [2.75, 3.05) is 25.1 Å². The molecule has 0 saturated carbocycles. The Hall–Kier alpha value is -0.730. The van der Waals surface area contributed by atoms with Gasteiger partial charge in [0.15, 0.2) is 0 Å². The van der Waals surface area contributed by atoms with Gasteiger partial charge >= 0.3 is 0 Å². The maximum atomic E-state index is 4.12. The third-order valence-corrected chi connectivity index (χ3v) is 3.67. The van der Waals surface area contributed by atoms with Crippen LogP contribution in [0.5, 0.6) is 0 Å². The van der Waals surface area contributed by atoms with E-state index in [0.717, 1.165) is 13.1 Å². The smallest absolute Gasteiger partial charge is 0.0205 e. The number of thioether (sulfide) groups is 1. The number of unbranched alkanes of at least 4 members (excludes halogenated alkanes) is 3. The van der Waals surface area contributed by atoms with Crippen LogP contribution in [0.2, 0.25) is 0 Å². The SMILES string of the molecule is C=C(CNCCCCCCSC)c1ccccc1. The molecule has 1 rings (SSSR count). The summed E-state index contributed by atoms with van der Waals surface area (Å²) in [5.74, 6) is 1.30. The molecule has 0 bridgehead atoms. The average molecular weight is 263 g/mol. The molecule has 0 radical (unpaired) electrons. The molecule has 0 fully saturated rings. The highest BCUT2D eigenvalue weighted by Crippen LogP contribution is 2.10. The standard InChI is InChI=1S/C16H25NS/c1-15(16-10-6-5-7-11-16)14-17-12-8-3-4-9-13-18-2/h5-7,10-11,17H,1,3-4,8-9,12-14H2,2H3. The van der Waals surface area contributed by atoms with Gasteiger partial charge in [-0.25, -0.2) is 0 Å². The molecule has 1 aromatic rings. The Morgan fingerprint density at radius 3 is 2.56 bits per heavy atom. The maximum absolute atomic E-state index is 4.12. The van der Waals surface area contributed by atoms with Gasteiger partial charge in [-0.3, -0.25) is 0 Å². The van der Waals surface area contributed by atoms with E-state index < -0.39 is 0 Å². The summed E-state index contributed by atoms with van der Waals surface area (Å²) < 4.78 is 0. The lowest BCUT2D eigenvalue weighted by Gasteiger charge is -2.07. The van der Waals surface area contributed by atoms with Crippen molar-refractivity contribution in [2.24, 2.45) is 0 Å². The summed E-state index contributed by atoms with van der Waals surface area (Å²) in [4.78, 5) is 0. The van der Waals surface area contributed by atoms with Crippen LogP contribution in [-0.4, -0.2) is 25.1 Å². The summed E-state index contributed by atoms with van der Waals surface area (Å²) in [6.45, 7) is 6.12. The van der Waals surface area contributed by atoms with Crippen LogP contribution in [0, 0.1) is 0 Å². The fourth-order valence-corrected chi connectivity index (χ4v) is 2.36. The van der Waals surface area contributed by atoms with Crippen molar-refractivity contribution in [3.05, 3.63) is 42.5 Å². The van der Waals surface area contributed by atoms with Gasteiger partial charge in [0.2, 0.25) is 0 Å². The van der Waals surface area contributed by atoms with Crippen LogP contribution >= 0.6 is 11.8 Å². The average Bonchev–Trinajstić information content (AvgIpc) is 2.42. The van der Waals surface area contributed by atoms with E-state index >= 15 is 0 Å². The zero-order valence-electron chi connectivity index (χ0n) is 11.5. The Balaban J connectivity index is 2.00. The molecule has 0 aliphatic rings. The highest BCUT2D eigenvalue weighted by Gasteiger charge is 1.97. The van der Waals surface area contributed by atoms with Gasteiger partial charge in [-0.05, 0) is 42.5 Å². The molecule has 0 spiro atoms. The van der Waals surface area contributed by atoms with Gasteiger partial charge in [-0.2, -0.15) is 11.8 Å². The van der Waals surface area contributed by atoms with Crippen molar-refractivity contribution >= 4 is 17.3 Å². The van der Waals surface area contributed by atoms with Crippen molar-refractivity contribution in [3.8, 4) is 0 Å². The number of hydrogen-bond acceptors (Lipinski definition) is 2. The molecule has 0 aromatic heterocycles. The Labute approximate surface area is 116 Å². The number of nitrogens with one attached hydrogen (secondary N) is 1. The summed E-state index contributed by atoms with van der Waals surface area (Å²) in [6, 6.07) is 10.4. The minimum absolute atomic E-state index is 0.898. The molecule has 2 heteroatoms.